The first-order valence-electron chi connectivity index (χ1n) is 10.6. The lowest BCUT2D eigenvalue weighted by Crippen LogP contribution is -2.55. The Bertz CT molecular complexity index is 821. The van der Waals surface area contributed by atoms with E-state index in [-0.39, 0.29) is 0 Å². The van der Waals surface area contributed by atoms with Gasteiger partial charge in [0.25, 0.3) is 0 Å². The number of carbonyl (C=O) groups excluding carboxylic acids is 1. The van der Waals surface area contributed by atoms with E-state index in [1.54, 1.807) is 6.20 Å². The summed E-state index contributed by atoms with van der Waals surface area (Å²) in [5.41, 5.74) is 3.83. The summed E-state index contributed by atoms with van der Waals surface area (Å²) in [6.45, 7) is 6.25. The molecule has 0 N–H and O–H groups in total. The zero-order chi connectivity index (χ0) is 18.9. The molecule has 3 aliphatic rings. The predicted molar refractivity (Wildman–Crippen MR) is 108 cm³/mol. The van der Waals surface area contributed by atoms with Gasteiger partial charge in [0.1, 0.15) is 0 Å². The molecule has 3 heterocycles. The number of fused-ring (bicyclic) bond motifs is 1. The molecule has 1 aromatic heterocycles. The quantitative estimate of drug-likeness (QED) is 0.814. The van der Waals surface area contributed by atoms with Crippen molar-refractivity contribution in [3.05, 3.63) is 47.8 Å². The number of aromatic nitrogens is 2. The van der Waals surface area contributed by atoms with Crippen LogP contribution in [0.4, 0.5) is 0 Å². The fraction of sp³-hybridized carbons (Fsp3) is 0.545. The molecule has 148 valence electrons. The molecule has 1 amide bonds. The SMILES string of the molecule is O=C(CN1CCc2cc(-n3cccn3)ccc2C1)N1CCN(C2CCC2)CC1. The average molecular weight is 380 g/mol. The Morgan fingerprint density at radius 2 is 1.93 bits per heavy atom. The summed E-state index contributed by atoms with van der Waals surface area (Å²) in [4.78, 5) is 19.8. The van der Waals surface area contributed by atoms with Crippen LogP contribution in [0.15, 0.2) is 36.7 Å². The van der Waals surface area contributed by atoms with Crippen molar-refractivity contribution in [2.45, 2.75) is 38.3 Å². The van der Waals surface area contributed by atoms with E-state index in [4.69, 9.17) is 0 Å². The fourth-order valence-electron chi connectivity index (χ4n) is 4.68. The Morgan fingerprint density at radius 3 is 2.64 bits per heavy atom. The van der Waals surface area contributed by atoms with E-state index in [0.717, 1.165) is 57.4 Å². The maximum atomic E-state index is 12.8. The Morgan fingerprint density at radius 1 is 1.07 bits per heavy atom. The summed E-state index contributed by atoms with van der Waals surface area (Å²) in [7, 11) is 0. The van der Waals surface area contributed by atoms with E-state index in [9.17, 15) is 4.79 Å². The molecule has 0 atom stereocenters. The number of hydrogen-bond acceptors (Lipinski definition) is 4. The normalized spacial score (nSPS) is 21.4. The minimum absolute atomic E-state index is 0.296. The summed E-state index contributed by atoms with van der Waals surface area (Å²) in [6, 6.07) is 9.29. The van der Waals surface area contributed by atoms with Gasteiger partial charge in [0.2, 0.25) is 5.91 Å². The van der Waals surface area contributed by atoms with Crippen molar-refractivity contribution in [1.29, 1.82) is 0 Å². The Balaban J connectivity index is 1.16. The van der Waals surface area contributed by atoms with Crippen LogP contribution >= 0.6 is 0 Å². The molecule has 6 nitrogen and oxygen atoms in total. The zero-order valence-electron chi connectivity index (χ0n) is 16.5. The van der Waals surface area contributed by atoms with Crippen LogP contribution in [0.1, 0.15) is 30.4 Å². The summed E-state index contributed by atoms with van der Waals surface area (Å²) >= 11 is 0. The van der Waals surface area contributed by atoms with Crippen LogP contribution in [0.5, 0.6) is 0 Å². The van der Waals surface area contributed by atoms with Gasteiger partial charge in [0.15, 0.2) is 0 Å². The van der Waals surface area contributed by atoms with Gasteiger partial charge in [0.05, 0.1) is 12.2 Å². The molecular formula is C22H29N5O. The highest BCUT2D eigenvalue weighted by Gasteiger charge is 2.30. The van der Waals surface area contributed by atoms with Crippen LogP contribution in [0.25, 0.3) is 5.69 Å². The number of carbonyl (C=O) groups is 1. The minimum atomic E-state index is 0.296. The molecule has 0 spiro atoms. The maximum absolute atomic E-state index is 12.8. The van der Waals surface area contributed by atoms with Gasteiger partial charge in [-0.15, -0.1) is 0 Å². The summed E-state index contributed by atoms with van der Waals surface area (Å²) in [5, 5.41) is 4.32. The second-order valence-corrected chi connectivity index (χ2v) is 8.37. The van der Waals surface area contributed by atoms with Crippen LogP contribution < -0.4 is 0 Å². The van der Waals surface area contributed by atoms with Crippen LogP contribution in [0, 0.1) is 0 Å². The summed E-state index contributed by atoms with van der Waals surface area (Å²) < 4.78 is 1.90. The summed E-state index contributed by atoms with van der Waals surface area (Å²) in [6.07, 6.45) is 8.85. The van der Waals surface area contributed by atoms with Crippen molar-refractivity contribution in [1.82, 2.24) is 24.5 Å². The number of benzene rings is 1. The first-order chi connectivity index (χ1) is 13.8. The van der Waals surface area contributed by atoms with E-state index in [2.05, 4.69) is 38.0 Å². The smallest absolute Gasteiger partial charge is 0.236 e. The van der Waals surface area contributed by atoms with Gasteiger partial charge in [-0.1, -0.05) is 12.5 Å². The molecule has 0 unspecified atom stereocenters. The molecule has 1 saturated heterocycles. The van der Waals surface area contributed by atoms with E-state index in [1.165, 1.54) is 30.4 Å². The van der Waals surface area contributed by atoms with Crippen molar-refractivity contribution in [2.24, 2.45) is 0 Å². The topological polar surface area (TPSA) is 44.6 Å². The molecule has 1 aliphatic carbocycles. The van der Waals surface area contributed by atoms with Crippen molar-refractivity contribution in [3.8, 4) is 5.69 Å². The molecule has 2 aromatic rings. The second kappa shape index (κ2) is 7.68. The number of hydrogen-bond donors (Lipinski definition) is 0. The van der Waals surface area contributed by atoms with Gasteiger partial charge in [-0.2, -0.15) is 5.10 Å². The number of rotatable bonds is 4. The summed E-state index contributed by atoms with van der Waals surface area (Å²) in [5.74, 6) is 0.296. The van der Waals surface area contributed by atoms with Crippen molar-refractivity contribution >= 4 is 5.91 Å². The molecule has 0 radical (unpaired) electrons. The van der Waals surface area contributed by atoms with Crippen LogP contribution in [-0.4, -0.2) is 75.7 Å². The van der Waals surface area contributed by atoms with Crippen molar-refractivity contribution < 1.29 is 4.79 Å². The number of amides is 1. The Labute approximate surface area is 166 Å². The highest BCUT2D eigenvalue weighted by atomic mass is 16.2. The van der Waals surface area contributed by atoms with Gasteiger partial charge in [-0.3, -0.25) is 14.6 Å². The lowest BCUT2D eigenvalue weighted by Gasteiger charge is -2.43. The number of piperazine rings is 1. The minimum Gasteiger partial charge on any atom is -0.339 e. The largest absolute Gasteiger partial charge is 0.339 e. The molecule has 5 rings (SSSR count). The number of nitrogens with zero attached hydrogens (tertiary/aromatic N) is 5. The average Bonchev–Trinajstić information content (AvgIpc) is 3.21. The first-order valence-corrected chi connectivity index (χ1v) is 10.6. The van der Waals surface area contributed by atoms with Crippen molar-refractivity contribution in [3.63, 3.8) is 0 Å². The lowest BCUT2D eigenvalue weighted by molar-refractivity contribution is -0.135. The molecule has 28 heavy (non-hydrogen) atoms. The molecule has 2 aliphatic heterocycles. The van der Waals surface area contributed by atoms with Gasteiger partial charge >= 0.3 is 0 Å². The van der Waals surface area contributed by atoms with Gasteiger partial charge in [0, 0.05) is 57.7 Å². The Kier molecular flexibility index (Phi) is 4.91. The van der Waals surface area contributed by atoms with Gasteiger partial charge < -0.3 is 4.90 Å². The standard InChI is InChI=1S/C22H29N5O/c28-22(26-13-11-25(12-14-26)20-3-1-4-20)17-24-10-7-18-15-21(6-5-19(18)16-24)27-9-2-8-23-27/h2,5-6,8-9,15,20H,1,3-4,7,10-14,16-17H2. The predicted octanol–water partition coefficient (Wildman–Crippen LogP) is 1.93. The zero-order valence-corrected chi connectivity index (χ0v) is 16.5. The molecule has 6 heteroatoms. The van der Waals surface area contributed by atoms with Crippen LogP contribution in [0.2, 0.25) is 0 Å². The fourth-order valence-corrected chi connectivity index (χ4v) is 4.68. The van der Waals surface area contributed by atoms with E-state index < -0.39 is 0 Å². The molecular weight excluding hydrogens is 350 g/mol. The first kappa shape index (κ1) is 17.9. The maximum Gasteiger partial charge on any atom is 0.236 e. The van der Waals surface area contributed by atoms with Gasteiger partial charge in [-0.05, 0) is 48.6 Å². The van der Waals surface area contributed by atoms with Gasteiger partial charge in [-0.25, -0.2) is 4.68 Å². The highest BCUT2D eigenvalue weighted by molar-refractivity contribution is 5.78. The second-order valence-electron chi connectivity index (χ2n) is 8.37. The molecule has 0 bridgehead atoms. The van der Waals surface area contributed by atoms with Crippen LogP contribution in [-0.2, 0) is 17.8 Å². The highest BCUT2D eigenvalue weighted by Crippen LogP contribution is 2.26. The van der Waals surface area contributed by atoms with Crippen molar-refractivity contribution in [2.75, 3.05) is 39.3 Å². The lowest BCUT2D eigenvalue weighted by atomic mass is 9.91. The molecule has 1 aromatic carbocycles. The van der Waals surface area contributed by atoms with E-state index >= 15 is 0 Å². The monoisotopic (exact) mass is 379 g/mol. The third-order valence-electron chi connectivity index (χ3n) is 6.67. The third-order valence-corrected chi connectivity index (χ3v) is 6.67. The van der Waals surface area contributed by atoms with Crippen LogP contribution in [0.3, 0.4) is 0 Å². The third kappa shape index (κ3) is 3.59. The Hall–Kier alpha value is -2.18. The molecule has 1 saturated carbocycles. The molecule has 2 fully saturated rings. The van der Waals surface area contributed by atoms with E-state index in [0.29, 0.717) is 12.5 Å². The van der Waals surface area contributed by atoms with E-state index in [1.807, 2.05) is 16.9 Å².